The Kier molecular flexibility index (Phi) is 5.81. The number of anilines is 1. The molecule has 1 aliphatic rings. The van der Waals surface area contributed by atoms with Crippen LogP contribution in [-0.2, 0) is 9.53 Å². The van der Waals surface area contributed by atoms with Gasteiger partial charge >= 0.3 is 5.97 Å². The van der Waals surface area contributed by atoms with E-state index in [1.165, 1.54) is 0 Å². The van der Waals surface area contributed by atoms with E-state index in [2.05, 4.69) is 34.7 Å². The highest BCUT2D eigenvalue weighted by atomic mass is 16.5. The molecule has 0 fully saturated rings. The topological polar surface area (TPSA) is 100 Å². The van der Waals surface area contributed by atoms with Gasteiger partial charge in [0.1, 0.15) is 6.04 Å². The van der Waals surface area contributed by atoms with Crippen LogP contribution in [0.25, 0.3) is 0 Å². The van der Waals surface area contributed by atoms with E-state index in [1.807, 2.05) is 12.1 Å². The van der Waals surface area contributed by atoms with Crippen LogP contribution in [0.4, 0.5) is 5.95 Å². The van der Waals surface area contributed by atoms with Gasteiger partial charge in [0.25, 0.3) is 0 Å². The first-order valence-electron chi connectivity index (χ1n) is 9.11. The molecule has 2 aromatic rings. The molecule has 0 unspecified atom stereocenters. The summed E-state index contributed by atoms with van der Waals surface area (Å²) in [7, 11) is 3.12. The molecule has 150 valence electrons. The molecule has 9 nitrogen and oxygen atoms in total. The van der Waals surface area contributed by atoms with Crippen LogP contribution in [0, 0.1) is 5.92 Å². The maximum atomic E-state index is 13.0. The van der Waals surface area contributed by atoms with Crippen molar-refractivity contribution < 1.29 is 19.0 Å². The minimum absolute atomic E-state index is 0.345. The number of fused-ring (bicyclic) bond motifs is 1. The molecule has 0 amide bonds. The standard InChI is InChI=1S/C19H25N5O4/c1-11(2)9-10-28-18(25)15-12(3)20-19-21-22-23-24(19)16(15)13-7-6-8-14(26-4)17(13)27-5/h6-8,11,16H,9-10H2,1-5H3,(H,20,21,23)/t16-/m1/s1. The van der Waals surface area contributed by atoms with Gasteiger partial charge in [0.05, 0.1) is 26.4 Å². The maximum absolute atomic E-state index is 13.0. The second kappa shape index (κ2) is 8.28. The average Bonchev–Trinajstić information content (AvgIpc) is 3.13. The Morgan fingerprint density at radius 1 is 1.29 bits per heavy atom. The zero-order valence-corrected chi connectivity index (χ0v) is 16.7. The first-order valence-corrected chi connectivity index (χ1v) is 9.11. The number of benzene rings is 1. The van der Waals surface area contributed by atoms with Crippen LogP contribution in [-0.4, -0.2) is 47.0 Å². The van der Waals surface area contributed by atoms with Gasteiger partial charge in [-0.3, -0.25) is 0 Å². The summed E-state index contributed by atoms with van der Waals surface area (Å²) in [4.78, 5) is 13.0. The second-order valence-electron chi connectivity index (χ2n) is 6.91. The Morgan fingerprint density at radius 2 is 2.07 bits per heavy atom. The molecule has 1 N–H and O–H groups in total. The highest BCUT2D eigenvalue weighted by Gasteiger charge is 2.37. The molecule has 1 aliphatic heterocycles. The molecular formula is C19H25N5O4. The number of methoxy groups -OCH3 is 2. The molecule has 1 aromatic carbocycles. The number of esters is 1. The van der Waals surface area contributed by atoms with Crippen LogP contribution in [0.1, 0.15) is 38.8 Å². The highest BCUT2D eigenvalue weighted by Crippen LogP contribution is 2.42. The molecule has 3 rings (SSSR count). The van der Waals surface area contributed by atoms with Crippen LogP contribution >= 0.6 is 0 Å². The van der Waals surface area contributed by atoms with Crippen molar-refractivity contribution in [2.24, 2.45) is 5.92 Å². The van der Waals surface area contributed by atoms with E-state index >= 15 is 0 Å². The second-order valence-corrected chi connectivity index (χ2v) is 6.91. The lowest BCUT2D eigenvalue weighted by Gasteiger charge is -2.28. The Bertz CT molecular complexity index is 890. The third-order valence-corrected chi connectivity index (χ3v) is 4.59. The van der Waals surface area contributed by atoms with Gasteiger partial charge in [-0.05, 0) is 35.8 Å². The summed E-state index contributed by atoms with van der Waals surface area (Å²) in [5.41, 5.74) is 1.76. The Balaban J connectivity index is 2.07. The van der Waals surface area contributed by atoms with E-state index in [0.29, 0.717) is 46.8 Å². The lowest BCUT2D eigenvalue weighted by atomic mass is 9.94. The van der Waals surface area contributed by atoms with Crippen molar-refractivity contribution in [1.29, 1.82) is 0 Å². The summed E-state index contributed by atoms with van der Waals surface area (Å²) >= 11 is 0. The fourth-order valence-electron chi connectivity index (χ4n) is 3.16. The first kappa shape index (κ1) is 19.7. The summed E-state index contributed by atoms with van der Waals surface area (Å²) in [6, 6.07) is 4.88. The minimum Gasteiger partial charge on any atom is -0.493 e. The first-order chi connectivity index (χ1) is 13.5. The SMILES string of the molecule is COc1cccc([C@@H]2C(C(=O)OCCC(C)C)=C(C)Nc3nnnn32)c1OC. The summed E-state index contributed by atoms with van der Waals surface area (Å²) in [5.74, 6) is 1.53. The van der Waals surface area contributed by atoms with Gasteiger partial charge < -0.3 is 19.5 Å². The lowest BCUT2D eigenvalue weighted by molar-refractivity contribution is -0.139. The molecule has 1 atom stereocenters. The maximum Gasteiger partial charge on any atom is 0.338 e. The van der Waals surface area contributed by atoms with Gasteiger partial charge in [-0.2, -0.15) is 4.68 Å². The van der Waals surface area contributed by atoms with Crippen molar-refractivity contribution in [3.63, 3.8) is 0 Å². The molecule has 0 spiro atoms. The predicted molar refractivity (Wildman–Crippen MR) is 102 cm³/mol. The van der Waals surface area contributed by atoms with E-state index < -0.39 is 12.0 Å². The number of nitrogens with one attached hydrogen (secondary N) is 1. The number of tetrazole rings is 1. The molecule has 0 bridgehead atoms. The summed E-state index contributed by atoms with van der Waals surface area (Å²) in [6.07, 6.45) is 0.786. The average molecular weight is 387 g/mol. The number of carbonyl (C=O) groups is 1. The van der Waals surface area contributed by atoms with Crippen molar-refractivity contribution in [2.75, 3.05) is 26.1 Å². The van der Waals surface area contributed by atoms with Crippen LogP contribution in [0.15, 0.2) is 29.5 Å². The number of rotatable bonds is 7. The zero-order valence-electron chi connectivity index (χ0n) is 16.7. The molecule has 0 aliphatic carbocycles. The largest absolute Gasteiger partial charge is 0.493 e. The van der Waals surface area contributed by atoms with E-state index in [-0.39, 0.29) is 0 Å². The third kappa shape index (κ3) is 3.64. The Morgan fingerprint density at radius 3 is 2.75 bits per heavy atom. The van der Waals surface area contributed by atoms with Gasteiger partial charge in [0.2, 0.25) is 5.95 Å². The van der Waals surface area contributed by atoms with E-state index in [9.17, 15) is 4.79 Å². The van der Waals surface area contributed by atoms with Crippen LogP contribution in [0.2, 0.25) is 0 Å². The number of hydrogen-bond donors (Lipinski definition) is 1. The molecule has 2 heterocycles. The van der Waals surface area contributed by atoms with Gasteiger partial charge in [-0.15, -0.1) is 0 Å². The molecule has 9 heteroatoms. The van der Waals surface area contributed by atoms with Crippen LogP contribution < -0.4 is 14.8 Å². The van der Waals surface area contributed by atoms with E-state index in [4.69, 9.17) is 14.2 Å². The van der Waals surface area contributed by atoms with Gasteiger partial charge in [0.15, 0.2) is 11.5 Å². The number of nitrogens with zero attached hydrogens (tertiary/aromatic N) is 4. The highest BCUT2D eigenvalue weighted by molar-refractivity contribution is 5.92. The number of hydrogen-bond acceptors (Lipinski definition) is 8. The lowest BCUT2D eigenvalue weighted by Crippen LogP contribution is -2.30. The van der Waals surface area contributed by atoms with Gasteiger partial charge in [-0.25, -0.2) is 4.79 Å². The minimum atomic E-state index is -0.608. The van der Waals surface area contributed by atoms with Gasteiger partial charge in [-0.1, -0.05) is 31.1 Å². The number of ether oxygens (including phenoxy) is 3. The Labute approximate surface area is 163 Å². The van der Waals surface area contributed by atoms with Crippen molar-refractivity contribution >= 4 is 11.9 Å². The number of allylic oxidation sites excluding steroid dienone is 1. The summed E-state index contributed by atoms with van der Waals surface area (Å²) < 4.78 is 18.1. The molecule has 0 saturated carbocycles. The molecular weight excluding hydrogens is 362 g/mol. The number of aromatic nitrogens is 4. The number of carbonyl (C=O) groups excluding carboxylic acids is 1. The molecule has 28 heavy (non-hydrogen) atoms. The van der Waals surface area contributed by atoms with Crippen molar-refractivity contribution in [3.8, 4) is 11.5 Å². The zero-order chi connectivity index (χ0) is 20.3. The van der Waals surface area contributed by atoms with Gasteiger partial charge in [0, 0.05) is 11.3 Å². The smallest absolute Gasteiger partial charge is 0.338 e. The van der Waals surface area contributed by atoms with Crippen molar-refractivity contribution in [2.45, 2.75) is 33.2 Å². The molecule has 0 radical (unpaired) electrons. The van der Waals surface area contributed by atoms with Crippen LogP contribution in [0.3, 0.4) is 0 Å². The molecule has 0 saturated heterocycles. The summed E-state index contributed by atoms with van der Waals surface area (Å²) in [5, 5.41) is 14.9. The van der Waals surface area contributed by atoms with E-state index in [1.54, 1.807) is 31.9 Å². The Hall–Kier alpha value is -3.10. The van der Waals surface area contributed by atoms with Crippen LogP contribution in [0.5, 0.6) is 11.5 Å². The van der Waals surface area contributed by atoms with E-state index in [0.717, 1.165) is 6.42 Å². The van der Waals surface area contributed by atoms with Crippen molar-refractivity contribution in [3.05, 3.63) is 35.0 Å². The fraction of sp³-hybridized carbons (Fsp3) is 0.474. The third-order valence-electron chi connectivity index (χ3n) is 4.59. The normalized spacial score (nSPS) is 15.9. The van der Waals surface area contributed by atoms with Crippen molar-refractivity contribution in [1.82, 2.24) is 20.2 Å². The quantitative estimate of drug-likeness (QED) is 0.724. The fourth-order valence-corrected chi connectivity index (χ4v) is 3.16. The predicted octanol–water partition coefficient (Wildman–Crippen LogP) is 2.57. The monoisotopic (exact) mass is 387 g/mol. The number of para-hydroxylation sites is 1. The molecule has 1 aromatic heterocycles. The summed E-state index contributed by atoms with van der Waals surface area (Å²) in [6.45, 7) is 6.31.